The van der Waals surface area contributed by atoms with Crippen LogP contribution in [-0.2, 0) is 14.3 Å². The van der Waals surface area contributed by atoms with Crippen LogP contribution in [0.25, 0.3) is 0 Å². The Morgan fingerprint density at radius 3 is 2.41 bits per heavy atom. The van der Waals surface area contributed by atoms with Gasteiger partial charge >= 0.3 is 5.97 Å². The third-order valence-corrected chi connectivity index (χ3v) is 3.61. The summed E-state index contributed by atoms with van der Waals surface area (Å²) in [5.41, 5.74) is 0.933. The number of benzene rings is 1. The van der Waals surface area contributed by atoms with E-state index in [2.05, 4.69) is 10.6 Å². The summed E-state index contributed by atoms with van der Waals surface area (Å²) in [6, 6.07) is 6.29. The Labute approximate surface area is 127 Å². The smallest absolute Gasteiger partial charge is 0.322 e. The van der Waals surface area contributed by atoms with Crippen molar-refractivity contribution in [2.45, 2.75) is 18.9 Å². The largest absolute Gasteiger partial charge is 0.480 e. The Morgan fingerprint density at radius 2 is 1.86 bits per heavy atom. The van der Waals surface area contributed by atoms with Crippen molar-refractivity contribution in [1.82, 2.24) is 5.32 Å². The number of nitrogens with one attached hydrogen (secondary N) is 2. The van der Waals surface area contributed by atoms with Gasteiger partial charge in [0.25, 0.3) is 5.91 Å². The first-order valence-corrected chi connectivity index (χ1v) is 6.93. The van der Waals surface area contributed by atoms with Crippen LogP contribution in [0.3, 0.4) is 0 Å². The molecule has 0 aromatic heterocycles. The molecule has 0 radical (unpaired) electrons. The second-order valence-electron chi connectivity index (χ2n) is 5.17. The van der Waals surface area contributed by atoms with Crippen molar-refractivity contribution in [2.24, 2.45) is 5.92 Å². The second-order valence-corrected chi connectivity index (χ2v) is 5.17. The molecule has 0 atom stereocenters. The normalized spacial score (nSPS) is 19.9. The first kappa shape index (κ1) is 16.0. The van der Waals surface area contributed by atoms with Gasteiger partial charge in [0.05, 0.1) is 6.10 Å². The van der Waals surface area contributed by atoms with Crippen LogP contribution in [0, 0.1) is 5.92 Å². The van der Waals surface area contributed by atoms with Crippen molar-refractivity contribution in [3.63, 3.8) is 0 Å². The number of carboxylic acids is 1. The Balaban J connectivity index is 1.85. The summed E-state index contributed by atoms with van der Waals surface area (Å²) in [4.78, 5) is 34.0. The maximum absolute atomic E-state index is 11.9. The summed E-state index contributed by atoms with van der Waals surface area (Å²) < 4.78 is 5.13. The van der Waals surface area contributed by atoms with Crippen LogP contribution in [0.2, 0.25) is 0 Å². The molecule has 7 nitrogen and oxygen atoms in total. The molecule has 2 amide bonds. The molecule has 22 heavy (non-hydrogen) atoms. The number of hydrogen-bond acceptors (Lipinski definition) is 4. The van der Waals surface area contributed by atoms with E-state index in [0.29, 0.717) is 11.3 Å². The fourth-order valence-electron chi connectivity index (χ4n) is 2.18. The van der Waals surface area contributed by atoms with Gasteiger partial charge in [0.2, 0.25) is 5.91 Å². The molecule has 0 bridgehead atoms. The van der Waals surface area contributed by atoms with E-state index in [1.807, 2.05) is 0 Å². The number of aliphatic carboxylic acids is 1. The van der Waals surface area contributed by atoms with Gasteiger partial charge in [-0.25, -0.2) is 0 Å². The maximum Gasteiger partial charge on any atom is 0.322 e. The highest BCUT2D eigenvalue weighted by Gasteiger charge is 2.34. The van der Waals surface area contributed by atoms with Crippen LogP contribution in [0.4, 0.5) is 5.69 Å². The maximum atomic E-state index is 11.9. The van der Waals surface area contributed by atoms with E-state index in [9.17, 15) is 14.4 Å². The molecule has 0 saturated heterocycles. The first-order chi connectivity index (χ1) is 10.5. The van der Waals surface area contributed by atoms with Crippen molar-refractivity contribution in [3.8, 4) is 0 Å². The van der Waals surface area contributed by atoms with Gasteiger partial charge < -0.3 is 20.5 Å². The van der Waals surface area contributed by atoms with Crippen LogP contribution < -0.4 is 10.6 Å². The minimum Gasteiger partial charge on any atom is -0.480 e. The van der Waals surface area contributed by atoms with Gasteiger partial charge in [-0.1, -0.05) is 0 Å². The lowest BCUT2D eigenvalue weighted by molar-refractivity contribution is -0.135. The molecule has 1 aromatic rings. The monoisotopic (exact) mass is 306 g/mol. The van der Waals surface area contributed by atoms with E-state index in [1.165, 1.54) is 12.1 Å². The summed E-state index contributed by atoms with van der Waals surface area (Å²) in [6.07, 6.45) is 1.60. The van der Waals surface area contributed by atoms with Crippen molar-refractivity contribution >= 4 is 23.5 Å². The number of carboxylic acid groups (broad SMARTS) is 1. The predicted octanol–water partition coefficient (Wildman–Crippen LogP) is 0.864. The van der Waals surface area contributed by atoms with Crippen LogP contribution in [0.1, 0.15) is 23.2 Å². The number of rotatable bonds is 6. The average molecular weight is 306 g/mol. The Bertz CT molecular complexity index is 564. The molecule has 0 spiro atoms. The molecule has 7 heteroatoms. The lowest BCUT2D eigenvalue weighted by Crippen LogP contribution is -2.38. The molecule has 118 valence electrons. The molecule has 0 unspecified atom stereocenters. The molecule has 0 aliphatic heterocycles. The number of carbonyl (C=O) groups is 3. The van der Waals surface area contributed by atoms with Crippen molar-refractivity contribution < 1.29 is 24.2 Å². The van der Waals surface area contributed by atoms with Gasteiger partial charge in [0, 0.05) is 24.3 Å². The van der Waals surface area contributed by atoms with Gasteiger partial charge in [-0.3, -0.25) is 14.4 Å². The Kier molecular flexibility index (Phi) is 5.11. The highest BCUT2D eigenvalue weighted by Crippen LogP contribution is 2.30. The van der Waals surface area contributed by atoms with Gasteiger partial charge in [0.1, 0.15) is 6.54 Å². The third-order valence-electron chi connectivity index (χ3n) is 3.61. The molecular formula is C15H18N2O5. The minimum atomic E-state index is -1.10. The molecule has 1 aliphatic carbocycles. The number of anilines is 1. The summed E-state index contributed by atoms with van der Waals surface area (Å²) in [5, 5.41) is 13.5. The van der Waals surface area contributed by atoms with E-state index >= 15 is 0 Å². The third kappa shape index (κ3) is 4.05. The number of hydrogen-bond donors (Lipinski definition) is 3. The predicted molar refractivity (Wildman–Crippen MR) is 78.6 cm³/mol. The van der Waals surface area contributed by atoms with Crippen LogP contribution >= 0.6 is 0 Å². The molecule has 1 aliphatic rings. The summed E-state index contributed by atoms with van der Waals surface area (Å²) in [6.45, 7) is -0.431. The average Bonchev–Trinajstić information content (AvgIpc) is 2.44. The lowest BCUT2D eigenvalue weighted by Gasteiger charge is -2.32. The number of amides is 2. The van der Waals surface area contributed by atoms with Crippen molar-refractivity contribution in [3.05, 3.63) is 29.8 Å². The van der Waals surface area contributed by atoms with E-state index in [0.717, 1.165) is 12.8 Å². The Hall–Kier alpha value is -2.41. The van der Waals surface area contributed by atoms with E-state index in [-0.39, 0.29) is 17.9 Å². The van der Waals surface area contributed by atoms with Crippen molar-refractivity contribution in [2.75, 3.05) is 19.0 Å². The SMILES string of the molecule is COC1CC(C(=O)Nc2ccc(C(=O)NCC(=O)O)cc2)C1. The van der Waals surface area contributed by atoms with Crippen LogP contribution in [0.5, 0.6) is 0 Å². The molecule has 2 rings (SSSR count). The zero-order valence-corrected chi connectivity index (χ0v) is 12.2. The van der Waals surface area contributed by atoms with Gasteiger partial charge in [-0.2, -0.15) is 0 Å². The molecule has 1 saturated carbocycles. The quantitative estimate of drug-likeness (QED) is 0.723. The van der Waals surface area contributed by atoms with Gasteiger partial charge in [-0.05, 0) is 37.1 Å². The summed E-state index contributed by atoms with van der Waals surface area (Å²) >= 11 is 0. The molecule has 1 aromatic carbocycles. The summed E-state index contributed by atoms with van der Waals surface area (Å²) in [7, 11) is 1.63. The zero-order valence-electron chi connectivity index (χ0n) is 12.2. The van der Waals surface area contributed by atoms with Gasteiger partial charge in [0.15, 0.2) is 0 Å². The molecule has 1 fully saturated rings. The fraction of sp³-hybridized carbons (Fsp3) is 0.400. The van der Waals surface area contributed by atoms with E-state index in [1.54, 1.807) is 19.2 Å². The lowest BCUT2D eigenvalue weighted by atomic mass is 9.81. The van der Waals surface area contributed by atoms with E-state index in [4.69, 9.17) is 9.84 Å². The first-order valence-electron chi connectivity index (χ1n) is 6.93. The van der Waals surface area contributed by atoms with Crippen LogP contribution in [0.15, 0.2) is 24.3 Å². The number of methoxy groups -OCH3 is 1. The van der Waals surface area contributed by atoms with Gasteiger partial charge in [-0.15, -0.1) is 0 Å². The topological polar surface area (TPSA) is 105 Å². The van der Waals surface area contributed by atoms with Crippen LogP contribution in [-0.4, -0.2) is 42.6 Å². The number of carbonyl (C=O) groups excluding carboxylic acids is 2. The standard InChI is InChI=1S/C15H18N2O5/c1-22-12-6-10(7-12)15(21)17-11-4-2-9(3-5-11)14(20)16-8-13(18)19/h2-5,10,12H,6-8H2,1H3,(H,16,20)(H,17,21)(H,18,19). The minimum absolute atomic E-state index is 0.0384. The molecular weight excluding hydrogens is 288 g/mol. The molecule has 3 N–H and O–H groups in total. The van der Waals surface area contributed by atoms with Crippen molar-refractivity contribution in [1.29, 1.82) is 0 Å². The summed E-state index contributed by atoms with van der Waals surface area (Å²) in [5.74, 6) is -1.67. The highest BCUT2D eigenvalue weighted by molar-refractivity contribution is 5.97. The Morgan fingerprint density at radius 1 is 1.23 bits per heavy atom. The highest BCUT2D eigenvalue weighted by atomic mass is 16.5. The van der Waals surface area contributed by atoms with E-state index < -0.39 is 18.4 Å². The number of ether oxygens (including phenoxy) is 1. The molecule has 0 heterocycles. The zero-order chi connectivity index (χ0) is 16.1. The fourth-order valence-corrected chi connectivity index (χ4v) is 2.18. The second kappa shape index (κ2) is 7.04.